The van der Waals surface area contributed by atoms with Crippen LogP contribution < -0.4 is 14.8 Å². The third-order valence-corrected chi connectivity index (χ3v) is 6.47. The minimum Gasteiger partial charge on any atom is -0.495 e. The van der Waals surface area contributed by atoms with Gasteiger partial charge in [0.1, 0.15) is 10.6 Å². The molecule has 2 aromatic carbocycles. The zero-order chi connectivity index (χ0) is 22.2. The van der Waals surface area contributed by atoms with E-state index in [0.717, 1.165) is 24.0 Å². The number of aryl methyl sites for hydroxylation is 2. The molecule has 0 bridgehead atoms. The second-order valence-electron chi connectivity index (χ2n) is 7.53. The fourth-order valence-electron chi connectivity index (χ4n) is 3.23. The fourth-order valence-corrected chi connectivity index (χ4v) is 4.63. The molecule has 0 unspecified atom stereocenters. The third-order valence-electron chi connectivity index (χ3n) is 5.10. The van der Waals surface area contributed by atoms with Gasteiger partial charge < -0.3 is 14.5 Å². The van der Waals surface area contributed by atoms with Crippen molar-refractivity contribution in [3.8, 4) is 5.75 Å². The minimum absolute atomic E-state index is 0.0794. The largest absolute Gasteiger partial charge is 0.495 e. The summed E-state index contributed by atoms with van der Waals surface area (Å²) < 4.78 is 39.7. The highest BCUT2D eigenvalue weighted by atomic mass is 32.2. The smallest absolute Gasteiger partial charge is 0.293 e. The van der Waals surface area contributed by atoms with Crippen LogP contribution in [0.5, 0.6) is 5.75 Å². The monoisotopic (exact) mass is 441 g/mol. The van der Waals surface area contributed by atoms with Gasteiger partial charge >= 0.3 is 0 Å². The van der Waals surface area contributed by atoms with Crippen LogP contribution in [0.4, 0.5) is 11.4 Å². The first kappa shape index (κ1) is 20.9. The number of carbonyl (C=O) groups is 1. The zero-order valence-corrected chi connectivity index (χ0v) is 18.2. The molecule has 4 rings (SSSR count). The quantitative estimate of drug-likeness (QED) is 0.568. The van der Waals surface area contributed by atoms with Gasteiger partial charge in [-0.25, -0.2) is 13.4 Å². The Bertz CT molecular complexity index is 1230. The number of aromatic nitrogens is 1. The van der Waals surface area contributed by atoms with Crippen LogP contribution in [0.3, 0.4) is 0 Å². The molecule has 1 saturated carbocycles. The van der Waals surface area contributed by atoms with Crippen molar-refractivity contribution in [3.63, 3.8) is 0 Å². The summed E-state index contributed by atoms with van der Waals surface area (Å²) in [5.41, 5.74) is 2.39. The van der Waals surface area contributed by atoms with Gasteiger partial charge in [-0.05, 0) is 56.0 Å². The van der Waals surface area contributed by atoms with Gasteiger partial charge in [0, 0.05) is 11.6 Å². The van der Waals surface area contributed by atoms with Crippen molar-refractivity contribution >= 4 is 27.3 Å². The van der Waals surface area contributed by atoms with E-state index >= 15 is 0 Å². The zero-order valence-electron chi connectivity index (χ0n) is 17.4. The van der Waals surface area contributed by atoms with Gasteiger partial charge in [-0.2, -0.15) is 0 Å². The Hall–Kier alpha value is -3.33. The Labute approximate surface area is 180 Å². The number of nitrogens with zero attached hydrogens (tertiary/aromatic N) is 1. The highest BCUT2D eigenvalue weighted by Crippen LogP contribution is 2.39. The molecule has 0 spiro atoms. The molecule has 0 saturated heterocycles. The molecular weight excluding hydrogens is 418 g/mol. The fraction of sp³-hybridized carbons (Fsp3) is 0.273. The molecule has 0 aliphatic heterocycles. The van der Waals surface area contributed by atoms with Gasteiger partial charge in [0.2, 0.25) is 5.76 Å². The molecule has 8 nitrogen and oxygen atoms in total. The number of oxazole rings is 1. The summed E-state index contributed by atoms with van der Waals surface area (Å²) in [6.07, 6.45) is 3.40. The van der Waals surface area contributed by atoms with Crippen LogP contribution in [0.1, 0.15) is 46.3 Å². The lowest BCUT2D eigenvalue weighted by Crippen LogP contribution is -2.17. The number of rotatable bonds is 7. The number of hydrogen-bond acceptors (Lipinski definition) is 6. The number of methoxy groups -OCH3 is 1. The first-order valence-electron chi connectivity index (χ1n) is 9.82. The molecule has 1 aromatic heterocycles. The Morgan fingerprint density at radius 3 is 2.52 bits per heavy atom. The van der Waals surface area contributed by atoms with Gasteiger partial charge in [0.05, 0.1) is 19.0 Å². The van der Waals surface area contributed by atoms with Crippen molar-refractivity contribution in [2.45, 2.75) is 37.5 Å². The molecule has 9 heteroatoms. The van der Waals surface area contributed by atoms with Gasteiger partial charge in [0.15, 0.2) is 5.89 Å². The topological polar surface area (TPSA) is 111 Å². The lowest BCUT2D eigenvalue weighted by Gasteiger charge is -2.16. The molecular formula is C22H23N3O5S. The lowest BCUT2D eigenvalue weighted by molar-refractivity contribution is 0.0995. The van der Waals surface area contributed by atoms with Crippen molar-refractivity contribution in [2.24, 2.45) is 0 Å². The van der Waals surface area contributed by atoms with Crippen LogP contribution in [0.15, 0.2) is 51.9 Å². The van der Waals surface area contributed by atoms with E-state index in [2.05, 4.69) is 15.0 Å². The molecule has 2 N–H and O–H groups in total. The number of amides is 1. The molecule has 31 heavy (non-hydrogen) atoms. The highest BCUT2D eigenvalue weighted by molar-refractivity contribution is 7.92. The van der Waals surface area contributed by atoms with E-state index in [-0.39, 0.29) is 28.0 Å². The number of hydrogen-bond donors (Lipinski definition) is 2. The van der Waals surface area contributed by atoms with Gasteiger partial charge in [-0.1, -0.05) is 18.2 Å². The lowest BCUT2D eigenvalue weighted by atomic mass is 10.1. The van der Waals surface area contributed by atoms with Crippen molar-refractivity contribution in [3.05, 3.63) is 65.4 Å². The molecule has 1 heterocycles. The predicted molar refractivity (Wildman–Crippen MR) is 116 cm³/mol. The van der Waals surface area contributed by atoms with Crippen LogP contribution in [0.2, 0.25) is 0 Å². The van der Waals surface area contributed by atoms with E-state index in [1.165, 1.54) is 25.4 Å². The maximum atomic E-state index is 13.1. The van der Waals surface area contributed by atoms with E-state index in [9.17, 15) is 13.2 Å². The number of ether oxygens (including phenoxy) is 1. The SMILES string of the molecule is COc1ccc(NC(=O)c2cnc(C3CC3)o2)cc1S(=O)(=O)Nc1c(C)cccc1C. The average molecular weight is 442 g/mol. The summed E-state index contributed by atoms with van der Waals surface area (Å²) in [4.78, 5) is 16.6. The molecule has 162 valence electrons. The standard InChI is InChI=1S/C22H23N3O5S/c1-13-5-4-6-14(2)20(13)25-31(27,28)19-11-16(9-10-17(19)29-3)24-21(26)18-12-23-22(30-18)15-7-8-15/h4-6,9-12,15,25H,7-8H2,1-3H3,(H,24,26). The van der Waals surface area contributed by atoms with E-state index in [0.29, 0.717) is 11.6 Å². The Morgan fingerprint density at radius 1 is 1.16 bits per heavy atom. The summed E-state index contributed by atoms with van der Waals surface area (Å²) in [6.45, 7) is 3.65. The van der Waals surface area contributed by atoms with Crippen LogP contribution in [-0.4, -0.2) is 26.4 Å². The molecule has 3 aromatic rings. The average Bonchev–Trinajstić information content (AvgIpc) is 3.47. The Morgan fingerprint density at radius 2 is 1.87 bits per heavy atom. The number of sulfonamides is 1. The summed E-state index contributed by atoms with van der Waals surface area (Å²) in [5.74, 6) is 0.579. The number of benzene rings is 2. The maximum absolute atomic E-state index is 13.1. The Balaban J connectivity index is 1.61. The number of anilines is 2. The van der Waals surface area contributed by atoms with Crippen molar-refractivity contribution in [2.75, 3.05) is 17.1 Å². The normalized spacial score (nSPS) is 13.6. The Kier molecular flexibility index (Phi) is 5.45. The second-order valence-corrected chi connectivity index (χ2v) is 9.18. The summed E-state index contributed by atoms with van der Waals surface area (Å²) in [6, 6.07) is 9.91. The summed E-state index contributed by atoms with van der Waals surface area (Å²) >= 11 is 0. The van der Waals surface area contributed by atoms with Crippen LogP contribution in [-0.2, 0) is 10.0 Å². The molecule has 0 atom stereocenters. The number of carbonyl (C=O) groups excluding carboxylic acids is 1. The molecule has 1 aliphatic rings. The van der Waals surface area contributed by atoms with E-state index in [1.807, 2.05) is 32.0 Å². The first-order chi connectivity index (χ1) is 14.8. The first-order valence-corrected chi connectivity index (χ1v) is 11.3. The van der Waals surface area contributed by atoms with Gasteiger partial charge in [-0.3, -0.25) is 9.52 Å². The summed E-state index contributed by atoms with van der Waals surface area (Å²) in [5, 5.41) is 2.66. The van der Waals surface area contributed by atoms with E-state index in [4.69, 9.17) is 9.15 Å². The molecule has 0 radical (unpaired) electrons. The van der Waals surface area contributed by atoms with Crippen molar-refractivity contribution < 1.29 is 22.4 Å². The molecule has 1 amide bonds. The minimum atomic E-state index is -3.98. The molecule has 1 fully saturated rings. The van der Waals surface area contributed by atoms with Gasteiger partial charge in [0.25, 0.3) is 15.9 Å². The van der Waals surface area contributed by atoms with Gasteiger partial charge in [-0.15, -0.1) is 0 Å². The van der Waals surface area contributed by atoms with Crippen LogP contribution in [0, 0.1) is 13.8 Å². The predicted octanol–water partition coefficient (Wildman–Crippen LogP) is 4.23. The van der Waals surface area contributed by atoms with Crippen LogP contribution >= 0.6 is 0 Å². The van der Waals surface area contributed by atoms with E-state index < -0.39 is 15.9 Å². The van der Waals surface area contributed by atoms with Crippen LogP contribution in [0.25, 0.3) is 0 Å². The number of nitrogens with one attached hydrogen (secondary N) is 2. The summed E-state index contributed by atoms with van der Waals surface area (Å²) in [7, 11) is -2.60. The van der Waals surface area contributed by atoms with Crippen molar-refractivity contribution in [1.29, 1.82) is 0 Å². The highest BCUT2D eigenvalue weighted by Gasteiger charge is 2.29. The van der Waals surface area contributed by atoms with E-state index in [1.54, 1.807) is 6.07 Å². The maximum Gasteiger partial charge on any atom is 0.293 e. The third kappa shape index (κ3) is 4.41. The second kappa shape index (κ2) is 8.07. The molecule has 1 aliphatic carbocycles. The number of para-hydroxylation sites is 1. The van der Waals surface area contributed by atoms with Crippen molar-refractivity contribution in [1.82, 2.24) is 4.98 Å².